The fourth-order valence-corrected chi connectivity index (χ4v) is 0.366. The third-order valence-corrected chi connectivity index (χ3v) is 0.904. The second kappa shape index (κ2) is 3.43. The van der Waals surface area contributed by atoms with Gasteiger partial charge in [-0.05, 0) is 6.92 Å². The van der Waals surface area contributed by atoms with Gasteiger partial charge in [-0.2, -0.15) is 0 Å². The van der Waals surface area contributed by atoms with E-state index in [0.717, 1.165) is 0 Å². The van der Waals surface area contributed by atoms with Gasteiger partial charge in [0, 0.05) is 18.0 Å². The maximum absolute atomic E-state index is 10.2. The van der Waals surface area contributed by atoms with Crippen molar-refractivity contribution >= 4 is 18.5 Å². The minimum atomic E-state index is -0.0800. The summed E-state index contributed by atoms with van der Waals surface area (Å²) in [4.78, 5) is 10.2. The second-order valence-electron chi connectivity index (χ2n) is 1.48. The van der Waals surface area contributed by atoms with Crippen LogP contribution in [0.3, 0.4) is 0 Å². The van der Waals surface area contributed by atoms with Crippen LogP contribution < -0.4 is 5.32 Å². The maximum Gasteiger partial charge on any atom is 0.221 e. The van der Waals surface area contributed by atoms with E-state index in [1.165, 1.54) is 12.3 Å². The van der Waals surface area contributed by atoms with Crippen molar-refractivity contribution in [3.63, 3.8) is 0 Å². The number of hydrogen-bond donors (Lipinski definition) is 1. The van der Waals surface area contributed by atoms with Crippen molar-refractivity contribution in [2.75, 3.05) is 0 Å². The molecule has 8 heavy (non-hydrogen) atoms. The quantitative estimate of drug-likeness (QED) is 0.567. The molecular weight excluding hydrogens is 122 g/mol. The first-order valence-electron chi connectivity index (χ1n) is 2.23. The van der Waals surface area contributed by atoms with Gasteiger partial charge in [0.25, 0.3) is 0 Å². The number of amides is 1. The molecule has 0 unspecified atom stereocenters. The Bertz CT molecular complexity index is 120. The molecule has 0 fully saturated rings. The van der Waals surface area contributed by atoms with E-state index in [2.05, 4.69) is 17.9 Å². The topological polar surface area (TPSA) is 29.1 Å². The zero-order valence-electron chi connectivity index (χ0n) is 4.89. The highest BCUT2D eigenvalue weighted by Crippen LogP contribution is 1.86. The molecule has 0 bridgehead atoms. The molecule has 0 spiro atoms. The van der Waals surface area contributed by atoms with Crippen molar-refractivity contribution in [1.82, 2.24) is 5.32 Å². The molecule has 3 heteroatoms. The number of carbonyl (C=O) groups is 1. The number of rotatable bonds is 1. The van der Waals surface area contributed by atoms with Crippen LogP contribution in [0.1, 0.15) is 13.8 Å². The summed E-state index contributed by atoms with van der Waals surface area (Å²) in [6.07, 6.45) is 0. The maximum atomic E-state index is 10.2. The fraction of sp³-hybridized carbons (Fsp3) is 0.400. The lowest BCUT2D eigenvalue weighted by Crippen LogP contribution is -2.16. The molecule has 1 amide bonds. The van der Waals surface area contributed by atoms with Gasteiger partial charge in [0.05, 0.1) is 0 Å². The summed E-state index contributed by atoms with van der Waals surface area (Å²) in [7, 11) is 0. The molecular formula is C5H8NOS. The molecule has 0 aromatic rings. The van der Waals surface area contributed by atoms with Crippen molar-refractivity contribution < 1.29 is 4.79 Å². The highest BCUT2D eigenvalue weighted by atomic mass is 32.1. The number of hydrogen-bond acceptors (Lipinski definition) is 1. The van der Waals surface area contributed by atoms with E-state index in [4.69, 9.17) is 0 Å². The summed E-state index contributed by atoms with van der Waals surface area (Å²) in [5.41, 5.74) is 0.715. The van der Waals surface area contributed by atoms with E-state index in [0.29, 0.717) is 5.70 Å². The molecule has 2 nitrogen and oxygen atoms in total. The third-order valence-electron chi connectivity index (χ3n) is 0.550. The van der Waals surface area contributed by atoms with Gasteiger partial charge in [0.2, 0.25) is 5.91 Å². The second-order valence-corrected chi connectivity index (χ2v) is 1.72. The van der Waals surface area contributed by atoms with Crippen LogP contribution in [-0.4, -0.2) is 5.91 Å². The minimum Gasteiger partial charge on any atom is -0.329 e. The Balaban J connectivity index is 3.56. The van der Waals surface area contributed by atoms with E-state index >= 15 is 0 Å². The number of nitrogens with one attached hydrogen (secondary N) is 1. The molecule has 0 aliphatic carbocycles. The van der Waals surface area contributed by atoms with Crippen LogP contribution in [0.25, 0.3) is 0 Å². The summed E-state index contributed by atoms with van der Waals surface area (Å²) < 4.78 is 0. The van der Waals surface area contributed by atoms with Crippen molar-refractivity contribution in [2.45, 2.75) is 13.8 Å². The smallest absolute Gasteiger partial charge is 0.221 e. The SMILES string of the molecule is CC(=O)N/C(C)=C\[S]. The van der Waals surface area contributed by atoms with E-state index in [1.54, 1.807) is 6.92 Å². The molecule has 0 saturated carbocycles. The van der Waals surface area contributed by atoms with Crippen LogP contribution in [0, 0.1) is 0 Å². The highest BCUT2D eigenvalue weighted by molar-refractivity contribution is 7.83. The molecule has 45 valence electrons. The number of allylic oxidation sites excluding steroid dienone is 1. The van der Waals surface area contributed by atoms with Crippen LogP contribution in [-0.2, 0) is 4.79 Å². The van der Waals surface area contributed by atoms with Crippen molar-refractivity contribution in [2.24, 2.45) is 0 Å². The highest BCUT2D eigenvalue weighted by Gasteiger charge is 1.87. The zero-order valence-corrected chi connectivity index (χ0v) is 5.71. The molecule has 0 aromatic heterocycles. The average Bonchev–Trinajstić information content (AvgIpc) is 1.65. The van der Waals surface area contributed by atoms with Gasteiger partial charge in [-0.15, -0.1) is 0 Å². The van der Waals surface area contributed by atoms with Crippen LogP contribution in [0.4, 0.5) is 0 Å². The number of carbonyl (C=O) groups excluding carboxylic acids is 1. The molecule has 0 aliphatic heterocycles. The summed E-state index contributed by atoms with van der Waals surface area (Å²) in [6, 6.07) is 0. The molecule has 0 aromatic carbocycles. The van der Waals surface area contributed by atoms with Crippen molar-refractivity contribution in [3.8, 4) is 0 Å². The standard InChI is InChI=1S/C5H8NOS/c1-4(3-8)6-5(2)7/h3H,1-2H3,(H,6,7)/b4-3-. The lowest BCUT2D eigenvalue weighted by Gasteiger charge is -1.95. The third kappa shape index (κ3) is 3.61. The lowest BCUT2D eigenvalue weighted by molar-refractivity contribution is -0.118. The molecule has 0 saturated heterocycles. The van der Waals surface area contributed by atoms with Gasteiger partial charge >= 0.3 is 0 Å². The Morgan fingerprint density at radius 3 is 2.25 bits per heavy atom. The van der Waals surface area contributed by atoms with Crippen LogP contribution in [0.2, 0.25) is 0 Å². The largest absolute Gasteiger partial charge is 0.329 e. The van der Waals surface area contributed by atoms with Gasteiger partial charge in [0.15, 0.2) is 0 Å². The normalized spacial score (nSPS) is 11.0. The molecule has 0 heterocycles. The summed E-state index contributed by atoms with van der Waals surface area (Å²) in [6.45, 7) is 3.19. The molecule has 1 radical (unpaired) electrons. The average molecular weight is 130 g/mol. The van der Waals surface area contributed by atoms with E-state index in [1.807, 2.05) is 0 Å². The first-order chi connectivity index (χ1) is 3.66. The monoisotopic (exact) mass is 130 g/mol. The van der Waals surface area contributed by atoms with E-state index < -0.39 is 0 Å². The van der Waals surface area contributed by atoms with Crippen molar-refractivity contribution in [3.05, 3.63) is 11.1 Å². The summed E-state index contributed by atoms with van der Waals surface area (Å²) in [5, 5.41) is 3.94. The van der Waals surface area contributed by atoms with E-state index in [9.17, 15) is 4.79 Å². The molecule has 0 atom stereocenters. The Morgan fingerprint density at radius 2 is 2.12 bits per heavy atom. The predicted octanol–water partition coefficient (Wildman–Crippen LogP) is 1.18. The first-order valence-corrected chi connectivity index (χ1v) is 2.70. The Labute approximate surface area is 54.4 Å². The van der Waals surface area contributed by atoms with Gasteiger partial charge in [-0.1, -0.05) is 12.6 Å². The molecule has 0 aliphatic rings. The minimum absolute atomic E-state index is 0.0800. The van der Waals surface area contributed by atoms with Crippen LogP contribution in [0.15, 0.2) is 11.1 Å². The fourth-order valence-electron chi connectivity index (χ4n) is 0.307. The Hall–Kier alpha value is -0.570. The summed E-state index contributed by atoms with van der Waals surface area (Å²) in [5.74, 6) is -0.0800. The van der Waals surface area contributed by atoms with Gasteiger partial charge < -0.3 is 5.32 Å². The van der Waals surface area contributed by atoms with Crippen LogP contribution >= 0.6 is 12.6 Å². The first kappa shape index (κ1) is 7.43. The zero-order chi connectivity index (χ0) is 6.57. The predicted molar refractivity (Wildman–Crippen MR) is 35.2 cm³/mol. The molecule has 0 rings (SSSR count). The van der Waals surface area contributed by atoms with Gasteiger partial charge in [0.1, 0.15) is 0 Å². The lowest BCUT2D eigenvalue weighted by atomic mass is 10.5. The molecule has 1 N–H and O–H groups in total. The summed E-state index contributed by atoms with van der Waals surface area (Å²) >= 11 is 4.52. The van der Waals surface area contributed by atoms with Crippen molar-refractivity contribution in [1.29, 1.82) is 0 Å². The van der Waals surface area contributed by atoms with Crippen LogP contribution in [0.5, 0.6) is 0 Å². The van der Waals surface area contributed by atoms with E-state index in [-0.39, 0.29) is 5.91 Å². The Kier molecular flexibility index (Phi) is 3.19. The van der Waals surface area contributed by atoms with Gasteiger partial charge in [-0.3, -0.25) is 4.79 Å². The Morgan fingerprint density at radius 1 is 1.62 bits per heavy atom. The van der Waals surface area contributed by atoms with Gasteiger partial charge in [-0.25, -0.2) is 0 Å².